The summed E-state index contributed by atoms with van der Waals surface area (Å²) in [5, 5.41) is 2.04. The molecule has 0 N–H and O–H groups in total. The highest BCUT2D eigenvalue weighted by Gasteiger charge is 2.18. The first kappa shape index (κ1) is 17.5. The lowest BCUT2D eigenvalue weighted by molar-refractivity contribution is 0.0732. The summed E-state index contributed by atoms with van der Waals surface area (Å²) in [4.78, 5) is 12.8. The van der Waals surface area contributed by atoms with Crippen LogP contribution in [0.2, 0.25) is 0 Å². The highest BCUT2D eigenvalue weighted by molar-refractivity contribution is 9.10. The molecule has 0 saturated carbocycles. The van der Waals surface area contributed by atoms with E-state index in [1.807, 2.05) is 42.5 Å². The van der Waals surface area contributed by atoms with Crippen LogP contribution in [-0.2, 0) is 0 Å². The van der Waals surface area contributed by atoms with Crippen molar-refractivity contribution in [1.82, 2.24) is 0 Å². The Hall–Kier alpha value is -2.33. The van der Waals surface area contributed by atoms with E-state index in [2.05, 4.69) is 29.8 Å². The first-order valence-electron chi connectivity index (χ1n) is 8.08. The lowest BCUT2D eigenvalue weighted by Crippen LogP contribution is -2.11. The van der Waals surface area contributed by atoms with Crippen LogP contribution in [-0.4, -0.2) is 13.1 Å². The first-order valence-corrected chi connectivity index (χ1v) is 8.88. The second kappa shape index (κ2) is 7.28. The number of halogens is 1. The van der Waals surface area contributed by atoms with Crippen LogP contribution in [0.1, 0.15) is 35.7 Å². The molecule has 0 saturated heterocycles. The van der Waals surface area contributed by atoms with Crippen molar-refractivity contribution in [3.8, 4) is 11.5 Å². The van der Waals surface area contributed by atoms with E-state index in [1.165, 1.54) is 0 Å². The van der Waals surface area contributed by atoms with Gasteiger partial charge in [-0.25, -0.2) is 4.79 Å². The molecule has 4 heteroatoms. The van der Waals surface area contributed by atoms with Crippen molar-refractivity contribution >= 4 is 32.7 Å². The zero-order valence-electron chi connectivity index (χ0n) is 14.4. The Morgan fingerprint density at radius 2 is 1.80 bits per heavy atom. The quantitative estimate of drug-likeness (QED) is 0.402. The van der Waals surface area contributed by atoms with E-state index in [0.29, 0.717) is 17.1 Å². The van der Waals surface area contributed by atoms with Gasteiger partial charge in [0.25, 0.3) is 0 Å². The summed E-state index contributed by atoms with van der Waals surface area (Å²) in [6.45, 7) is 4.12. The first-order chi connectivity index (χ1) is 12.0. The van der Waals surface area contributed by atoms with E-state index in [9.17, 15) is 4.79 Å². The molecule has 128 valence electrons. The molecule has 25 heavy (non-hydrogen) atoms. The van der Waals surface area contributed by atoms with E-state index in [4.69, 9.17) is 9.47 Å². The Bertz CT molecular complexity index is 932. The molecule has 0 radical (unpaired) electrons. The van der Waals surface area contributed by atoms with Gasteiger partial charge in [0.2, 0.25) is 0 Å². The van der Waals surface area contributed by atoms with Crippen LogP contribution >= 0.6 is 15.9 Å². The average molecular weight is 399 g/mol. The number of benzene rings is 3. The summed E-state index contributed by atoms with van der Waals surface area (Å²) in [5.41, 5.74) is 1.46. The number of hydrogen-bond acceptors (Lipinski definition) is 3. The maximum absolute atomic E-state index is 12.8. The van der Waals surface area contributed by atoms with Crippen molar-refractivity contribution in [3.63, 3.8) is 0 Å². The molecule has 3 rings (SSSR count). The third kappa shape index (κ3) is 3.54. The number of carbonyl (C=O) groups excluding carboxylic acids is 1. The number of esters is 1. The van der Waals surface area contributed by atoms with Gasteiger partial charge in [0.1, 0.15) is 11.5 Å². The number of rotatable bonds is 4. The molecule has 0 aliphatic carbocycles. The molecule has 0 aliphatic rings. The molecule has 0 unspecified atom stereocenters. The maximum Gasteiger partial charge on any atom is 0.344 e. The lowest BCUT2D eigenvalue weighted by atomic mass is 10.0. The summed E-state index contributed by atoms with van der Waals surface area (Å²) >= 11 is 3.55. The van der Waals surface area contributed by atoms with E-state index in [0.717, 1.165) is 20.8 Å². The van der Waals surface area contributed by atoms with Crippen LogP contribution in [0.15, 0.2) is 59.1 Å². The van der Waals surface area contributed by atoms with Gasteiger partial charge >= 0.3 is 5.97 Å². The Kier molecular flexibility index (Phi) is 5.09. The average Bonchev–Trinajstić information content (AvgIpc) is 2.61. The van der Waals surface area contributed by atoms with Crippen LogP contribution in [0.25, 0.3) is 10.8 Å². The van der Waals surface area contributed by atoms with E-state index >= 15 is 0 Å². The second-order valence-corrected chi connectivity index (χ2v) is 6.89. The molecular weight excluding hydrogens is 380 g/mol. The summed E-state index contributed by atoms with van der Waals surface area (Å²) in [6, 6.07) is 17.2. The van der Waals surface area contributed by atoms with Gasteiger partial charge in [-0.05, 0) is 50.3 Å². The topological polar surface area (TPSA) is 35.5 Å². The summed E-state index contributed by atoms with van der Waals surface area (Å²) in [7, 11) is 1.59. The van der Waals surface area contributed by atoms with Gasteiger partial charge in [0, 0.05) is 10.5 Å². The number of ether oxygens (including phenoxy) is 2. The van der Waals surface area contributed by atoms with Crippen molar-refractivity contribution in [2.75, 3.05) is 7.11 Å². The number of methoxy groups -OCH3 is 1. The van der Waals surface area contributed by atoms with Gasteiger partial charge in [-0.3, -0.25) is 0 Å². The molecule has 0 heterocycles. The minimum absolute atomic E-state index is 0.230. The minimum atomic E-state index is -0.396. The van der Waals surface area contributed by atoms with E-state index < -0.39 is 5.97 Å². The zero-order valence-corrected chi connectivity index (χ0v) is 16.0. The molecule has 0 aliphatic heterocycles. The molecule has 3 aromatic rings. The number of carbonyl (C=O) groups is 1. The molecule has 0 spiro atoms. The lowest BCUT2D eigenvalue weighted by Gasteiger charge is -2.15. The largest absolute Gasteiger partial charge is 0.497 e. The number of fused-ring (bicyclic) bond motifs is 1. The van der Waals surface area contributed by atoms with Crippen LogP contribution in [0.4, 0.5) is 0 Å². The summed E-state index contributed by atoms with van der Waals surface area (Å²) in [6.07, 6.45) is 0. The molecule has 0 aromatic heterocycles. The van der Waals surface area contributed by atoms with Crippen molar-refractivity contribution in [3.05, 3.63) is 70.2 Å². The fourth-order valence-electron chi connectivity index (χ4n) is 2.75. The van der Waals surface area contributed by atoms with Crippen molar-refractivity contribution < 1.29 is 14.3 Å². The van der Waals surface area contributed by atoms with Gasteiger partial charge in [0.15, 0.2) is 0 Å². The van der Waals surface area contributed by atoms with Gasteiger partial charge in [0.05, 0.1) is 12.7 Å². The Balaban J connectivity index is 1.99. The third-order valence-electron chi connectivity index (χ3n) is 4.13. The van der Waals surface area contributed by atoms with Crippen LogP contribution < -0.4 is 9.47 Å². The fraction of sp³-hybridized carbons (Fsp3) is 0.190. The SMILES string of the molecule is COc1ccc(C(C)C)c(OC(=O)c2ccc3ccccc3c2Br)c1. The van der Waals surface area contributed by atoms with Crippen molar-refractivity contribution in [1.29, 1.82) is 0 Å². The van der Waals surface area contributed by atoms with Gasteiger partial charge < -0.3 is 9.47 Å². The zero-order chi connectivity index (χ0) is 18.0. The number of hydrogen-bond donors (Lipinski definition) is 0. The van der Waals surface area contributed by atoms with Gasteiger partial charge in [-0.15, -0.1) is 0 Å². The van der Waals surface area contributed by atoms with Crippen LogP contribution in [0, 0.1) is 0 Å². The van der Waals surface area contributed by atoms with Crippen LogP contribution in [0.3, 0.4) is 0 Å². The molecule has 0 bridgehead atoms. The summed E-state index contributed by atoms with van der Waals surface area (Å²) in [5.74, 6) is 1.02. The summed E-state index contributed by atoms with van der Waals surface area (Å²) < 4.78 is 11.7. The normalized spacial score (nSPS) is 10.9. The van der Waals surface area contributed by atoms with Gasteiger partial charge in [-0.2, -0.15) is 0 Å². The Morgan fingerprint density at radius 1 is 1.04 bits per heavy atom. The molecule has 0 amide bonds. The molecule has 0 atom stereocenters. The molecular formula is C21H19BrO3. The van der Waals surface area contributed by atoms with Gasteiger partial charge in [-0.1, -0.05) is 50.2 Å². The minimum Gasteiger partial charge on any atom is -0.497 e. The Labute approximate surface area is 155 Å². The Morgan fingerprint density at radius 3 is 2.52 bits per heavy atom. The van der Waals surface area contributed by atoms with E-state index in [-0.39, 0.29) is 5.92 Å². The van der Waals surface area contributed by atoms with Crippen molar-refractivity contribution in [2.24, 2.45) is 0 Å². The fourth-order valence-corrected chi connectivity index (χ4v) is 3.41. The smallest absolute Gasteiger partial charge is 0.344 e. The van der Waals surface area contributed by atoms with Crippen molar-refractivity contribution in [2.45, 2.75) is 19.8 Å². The molecule has 0 fully saturated rings. The standard InChI is InChI=1S/C21H19BrO3/c1-13(2)16-11-9-15(24-3)12-19(16)25-21(23)18-10-8-14-6-4-5-7-17(14)20(18)22/h4-13H,1-3H3. The van der Waals surface area contributed by atoms with E-state index in [1.54, 1.807) is 19.2 Å². The van der Waals surface area contributed by atoms with Crippen LogP contribution in [0.5, 0.6) is 11.5 Å². The predicted molar refractivity (Wildman–Crippen MR) is 104 cm³/mol. The maximum atomic E-state index is 12.8. The highest BCUT2D eigenvalue weighted by Crippen LogP contribution is 2.33. The predicted octanol–water partition coefficient (Wildman–Crippen LogP) is 5.95. The molecule has 3 nitrogen and oxygen atoms in total. The highest BCUT2D eigenvalue weighted by atomic mass is 79.9. The second-order valence-electron chi connectivity index (χ2n) is 6.10. The monoisotopic (exact) mass is 398 g/mol. The molecule has 3 aromatic carbocycles. The third-order valence-corrected chi connectivity index (χ3v) is 4.98.